The van der Waals surface area contributed by atoms with Gasteiger partial charge in [-0.05, 0) is 31.0 Å². The number of aliphatic hydroxyl groups is 1. The maximum absolute atomic E-state index is 13.0. The van der Waals surface area contributed by atoms with Crippen molar-refractivity contribution in [3.63, 3.8) is 0 Å². The van der Waals surface area contributed by atoms with E-state index in [2.05, 4.69) is 19.6 Å². The number of alkyl halides is 3. The van der Waals surface area contributed by atoms with Gasteiger partial charge < -0.3 is 30.1 Å². The molecule has 1 atom stereocenters. The number of imidazole rings is 1. The minimum absolute atomic E-state index is 0.0859. The van der Waals surface area contributed by atoms with Gasteiger partial charge in [0.05, 0.1) is 42.3 Å². The molecule has 0 spiro atoms. The van der Waals surface area contributed by atoms with Gasteiger partial charge in [-0.3, -0.25) is 14.3 Å². The number of amides is 1. The number of nitrogens with two attached hydrogens (primary N) is 1. The Hall–Kier alpha value is -3.78. The number of hydrogen-bond donors (Lipinski definition) is 3. The third-order valence-corrected chi connectivity index (χ3v) is 6.87. The SMILES string of the molecule is Nc1cc(OC(F)(F)F)ccc1C(=O)N1CCC(n2c(=O)[nH]c3ncc(N4CCO[C@H](CO)C4)cc32)CC1. The highest BCUT2D eigenvalue weighted by Crippen LogP contribution is 2.30. The molecule has 11 nitrogen and oxygen atoms in total. The summed E-state index contributed by atoms with van der Waals surface area (Å²) in [6.45, 7) is 2.18. The van der Waals surface area contributed by atoms with Gasteiger partial charge in [0, 0.05) is 44.0 Å². The molecule has 5 rings (SSSR count). The number of hydrogen-bond acceptors (Lipinski definition) is 8. The number of halogens is 3. The summed E-state index contributed by atoms with van der Waals surface area (Å²) < 4.78 is 48.4. The third kappa shape index (κ3) is 5.27. The molecule has 1 amide bonds. The lowest BCUT2D eigenvalue weighted by atomic mass is 10.0. The molecule has 0 bridgehead atoms. The number of nitrogen functional groups attached to an aromatic ring is 1. The van der Waals surface area contributed by atoms with Crippen molar-refractivity contribution in [2.75, 3.05) is 50.0 Å². The van der Waals surface area contributed by atoms with Crippen LogP contribution >= 0.6 is 0 Å². The van der Waals surface area contributed by atoms with E-state index >= 15 is 0 Å². The van der Waals surface area contributed by atoms with E-state index in [9.17, 15) is 27.9 Å². The zero-order valence-corrected chi connectivity index (χ0v) is 20.3. The Morgan fingerprint density at radius 1 is 1.24 bits per heavy atom. The summed E-state index contributed by atoms with van der Waals surface area (Å²) in [5, 5.41) is 9.45. The van der Waals surface area contributed by atoms with E-state index < -0.39 is 18.0 Å². The van der Waals surface area contributed by atoms with Gasteiger partial charge in [0.15, 0.2) is 5.65 Å². The number of fused-ring (bicyclic) bond motifs is 1. The van der Waals surface area contributed by atoms with Crippen LogP contribution < -0.4 is 21.1 Å². The summed E-state index contributed by atoms with van der Waals surface area (Å²) >= 11 is 0. The maximum Gasteiger partial charge on any atom is 0.573 e. The normalized spacial score (nSPS) is 19.2. The highest BCUT2D eigenvalue weighted by atomic mass is 19.4. The van der Waals surface area contributed by atoms with Crippen molar-refractivity contribution < 1.29 is 32.5 Å². The molecule has 0 aliphatic carbocycles. The average Bonchev–Trinajstić information content (AvgIpc) is 3.22. The molecule has 38 heavy (non-hydrogen) atoms. The number of H-pyrrole nitrogens is 1. The van der Waals surface area contributed by atoms with Crippen molar-refractivity contribution in [2.24, 2.45) is 0 Å². The Morgan fingerprint density at radius 3 is 2.68 bits per heavy atom. The number of nitrogens with zero attached hydrogens (tertiary/aromatic N) is 4. The number of ether oxygens (including phenoxy) is 2. The first-order valence-electron chi connectivity index (χ1n) is 12.1. The molecule has 2 fully saturated rings. The first kappa shape index (κ1) is 25.9. The number of aromatic nitrogens is 3. The molecular formula is C24H27F3N6O5. The summed E-state index contributed by atoms with van der Waals surface area (Å²) in [5.41, 5.74) is 7.44. The number of piperidine rings is 1. The number of nitrogens with one attached hydrogen (secondary N) is 1. The van der Waals surface area contributed by atoms with Gasteiger partial charge in [-0.1, -0.05) is 0 Å². The molecule has 3 aromatic rings. The van der Waals surface area contributed by atoms with Gasteiger partial charge in [0.1, 0.15) is 5.75 Å². The van der Waals surface area contributed by atoms with Crippen LogP contribution in [0.15, 0.2) is 35.3 Å². The van der Waals surface area contributed by atoms with Crippen LogP contribution in [0.1, 0.15) is 29.2 Å². The number of benzene rings is 1. The average molecular weight is 537 g/mol. The third-order valence-electron chi connectivity index (χ3n) is 6.87. The number of carbonyl (C=O) groups is 1. The van der Waals surface area contributed by atoms with Crippen LogP contribution in [0.3, 0.4) is 0 Å². The largest absolute Gasteiger partial charge is 0.573 e. The van der Waals surface area contributed by atoms with Crippen molar-refractivity contribution in [1.82, 2.24) is 19.4 Å². The molecule has 2 aliphatic rings. The predicted molar refractivity (Wildman–Crippen MR) is 131 cm³/mol. The van der Waals surface area contributed by atoms with Gasteiger partial charge in [0.25, 0.3) is 5.91 Å². The van der Waals surface area contributed by atoms with E-state index in [0.717, 1.165) is 17.8 Å². The molecule has 14 heteroatoms. The summed E-state index contributed by atoms with van der Waals surface area (Å²) in [5.74, 6) is -0.901. The molecule has 0 saturated carbocycles. The fourth-order valence-corrected chi connectivity index (χ4v) is 5.02. The van der Waals surface area contributed by atoms with Crippen molar-refractivity contribution in [2.45, 2.75) is 31.3 Å². The number of anilines is 2. The summed E-state index contributed by atoms with van der Waals surface area (Å²) in [6, 6.07) is 4.95. The van der Waals surface area contributed by atoms with E-state index in [1.54, 1.807) is 15.7 Å². The van der Waals surface area contributed by atoms with Crippen LogP contribution in [0, 0.1) is 0 Å². The summed E-state index contributed by atoms with van der Waals surface area (Å²) in [6.07, 6.45) is -2.50. The monoisotopic (exact) mass is 536 g/mol. The molecule has 1 aromatic carbocycles. The quantitative estimate of drug-likeness (QED) is 0.420. The van der Waals surface area contributed by atoms with Crippen LogP contribution in [-0.2, 0) is 4.74 Å². The number of pyridine rings is 1. The second-order valence-corrected chi connectivity index (χ2v) is 9.30. The molecule has 4 heterocycles. The van der Waals surface area contributed by atoms with E-state index in [-0.39, 0.29) is 35.7 Å². The number of carbonyl (C=O) groups excluding carboxylic acids is 1. The fraction of sp³-hybridized carbons (Fsp3) is 0.458. The Labute approximate surface area is 214 Å². The van der Waals surface area contributed by atoms with Gasteiger partial charge >= 0.3 is 12.1 Å². The van der Waals surface area contributed by atoms with Gasteiger partial charge in [-0.15, -0.1) is 13.2 Å². The minimum atomic E-state index is -4.86. The first-order chi connectivity index (χ1) is 18.1. The van der Waals surface area contributed by atoms with Gasteiger partial charge in [-0.25, -0.2) is 9.78 Å². The van der Waals surface area contributed by atoms with Crippen molar-refractivity contribution in [3.8, 4) is 5.75 Å². The van der Waals surface area contributed by atoms with E-state index in [4.69, 9.17) is 10.5 Å². The summed E-state index contributed by atoms with van der Waals surface area (Å²) in [4.78, 5) is 36.7. The molecule has 2 saturated heterocycles. The smallest absolute Gasteiger partial charge is 0.406 e. The molecule has 2 aromatic heterocycles. The number of aromatic amines is 1. The number of rotatable bonds is 5. The fourth-order valence-electron chi connectivity index (χ4n) is 5.02. The number of likely N-dealkylation sites (tertiary alicyclic amines) is 1. The Morgan fingerprint density at radius 2 is 2.00 bits per heavy atom. The van der Waals surface area contributed by atoms with Crippen LogP contribution in [0.5, 0.6) is 5.75 Å². The Bertz CT molecular complexity index is 1380. The van der Waals surface area contributed by atoms with Gasteiger partial charge in [0.2, 0.25) is 0 Å². The highest BCUT2D eigenvalue weighted by molar-refractivity contribution is 5.99. The predicted octanol–water partition coefficient (Wildman–Crippen LogP) is 1.88. The zero-order valence-electron chi connectivity index (χ0n) is 20.3. The van der Waals surface area contributed by atoms with Crippen LogP contribution in [-0.4, -0.2) is 82.3 Å². The van der Waals surface area contributed by atoms with Crippen molar-refractivity contribution >= 4 is 28.4 Å². The zero-order chi connectivity index (χ0) is 27.0. The lowest BCUT2D eigenvalue weighted by Gasteiger charge is -2.34. The molecule has 204 valence electrons. The number of morpholine rings is 1. The van der Waals surface area contributed by atoms with Crippen molar-refractivity contribution in [3.05, 3.63) is 46.5 Å². The van der Waals surface area contributed by atoms with Crippen LogP contribution in [0.2, 0.25) is 0 Å². The van der Waals surface area contributed by atoms with E-state index in [0.29, 0.717) is 56.8 Å². The maximum atomic E-state index is 13.0. The topological polar surface area (TPSA) is 139 Å². The number of aliphatic hydroxyl groups excluding tert-OH is 1. The molecule has 0 radical (unpaired) electrons. The van der Waals surface area contributed by atoms with Crippen LogP contribution in [0.25, 0.3) is 11.2 Å². The first-order valence-corrected chi connectivity index (χ1v) is 12.1. The van der Waals surface area contributed by atoms with Crippen molar-refractivity contribution in [1.29, 1.82) is 0 Å². The second kappa shape index (κ2) is 10.2. The van der Waals surface area contributed by atoms with E-state index in [1.807, 2.05) is 6.07 Å². The molecule has 0 unspecified atom stereocenters. The minimum Gasteiger partial charge on any atom is -0.406 e. The lowest BCUT2D eigenvalue weighted by molar-refractivity contribution is -0.274. The summed E-state index contributed by atoms with van der Waals surface area (Å²) in [7, 11) is 0. The van der Waals surface area contributed by atoms with E-state index in [1.165, 1.54) is 6.07 Å². The molecule has 2 aliphatic heterocycles. The molecular weight excluding hydrogens is 509 g/mol. The van der Waals surface area contributed by atoms with Crippen LogP contribution in [0.4, 0.5) is 24.5 Å². The van der Waals surface area contributed by atoms with Gasteiger partial charge in [-0.2, -0.15) is 0 Å². The molecule has 4 N–H and O–H groups in total. The highest BCUT2D eigenvalue weighted by Gasteiger charge is 2.32. The second-order valence-electron chi connectivity index (χ2n) is 9.30. The standard InChI is InChI=1S/C24H27F3N6O5/c25-24(26,27)38-16-1-2-18(19(28)10-16)22(35)31-5-3-14(4-6-31)33-20-9-15(11-29-21(20)30-23(33)36)32-7-8-37-17(12-32)13-34/h1-2,9-11,14,17,34H,3-8,12-13,28H2,(H,29,30,36)/t17-/m0/s1. The Kier molecular flexibility index (Phi) is 6.92. The lowest BCUT2D eigenvalue weighted by Crippen LogP contribution is -2.44. The Balaban J connectivity index is 1.30.